The number of carbonyl (C=O) groups excluding carboxylic acids is 1. The molecule has 0 saturated carbocycles. The average molecular weight is 276 g/mol. The van der Waals surface area contributed by atoms with E-state index in [1.807, 2.05) is 24.3 Å². The third kappa shape index (κ3) is 6.41. The normalized spacial score (nSPS) is 12.3. The lowest BCUT2D eigenvalue weighted by Crippen LogP contribution is -2.09. The molecule has 0 heterocycles. The van der Waals surface area contributed by atoms with E-state index in [0.29, 0.717) is 12.5 Å². The highest BCUT2D eigenvalue weighted by Gasteiger charge is 2.04. The molecule has 0 aliphatic rings. The van der Waals surface area contributed by atoms with Crippen molar-refractivity contribution < 1.29 is 14.3 Å². The maximum Gasteiger partial charge on any atom is 0.330 e. The van der Waals surface area contributed by atoms with Crippen LogP contribution in [0.15, 0.2) is 30.3 Å². The summed E-state index contributed by atoms with van der Waals surface area (Å²) >= 11 is 0. The minimum Gasteiger partial charge on any atom is -0.497 e. The van der Waals surface area contributed by atoms with E-state index in [1.165, 1.54) is 18.9 Å². The number of carbonyl (C=O) groups is 1. The lowest BCUT2D eigenvalue weighted by Gasteiger charge is -2.09. The highest BCUT2D eigenvalue weighted by molar-refractivity contribution is 5.87. The van der Waals surface area contributed by atoms with Crippen LogP contribution in [0.25, 0.3) is 6.08 Å². The first-order valence-electron chi connectivity index (χ1n) is 7.14. The van der Waals surface area contributed by atoms with Gasteiger partial charge in [0.2, 0.25) is 0 Å². The number of hydrogen-bond donors (Lipinski definition) is 0. The molecule has 0 N–H and O–H groups in total. The Bertz CT molecular complexity index is 420. The molecule has 0 fully saturated rings. The molecular weight excluding hydrogens is 252 g/mol. The van der Waals surface area contributed by atoms with Gasteiger partial charge in [0.1, 0.15) is 5.75 Å². The molecule has 0 spiro atoms. The summed E-state index contributed by atoms with van der Waals surface area (Å²) in [5, 5.41) is 0. The zero-order chi connectivity index (χ0) is 14.8. The number of ether oxygens (including phenoxy) is 2. The van der Waals surface area contributed by atoms with E-state index in [-0.39, 0.29) is 5.97 Å². The van der Waals surface area contributed by atoms with Gasteiger partial charge in [-0.05, 0) is 36.1 Å². The standard InChI is InChI=1S/C17H24O3/c1-4-5-6-14(2)13-20-17(18)12-9-15-7-10-16(19-3)11-8-15/h7-12,14H,4-6,13H2,1-3H3. The van der Waals surface area contributed by atoms with E-state index in [4.69, 9.17) is 9.47 Å². The summed E-state index contributed by atoms with van der Waals surface area (Å²) in [7, 11) is 1.63. The van der Waals surface area contributed by atoms with Crippen LogP contribution >= 0.6 is 0 Å². The molecule has 0 bridgehead atoms. The topological polar surface area (TPSA) is 35.5 Å². The van der Waals surface area contributed by atoms with Gasteiger partial charge in [0.05, 0.1) is 13.7 Å². The molecule has 0 saturated heterocycles. The monoisotopic (exact) mass is 276 g/mol. The number of esters is 1. The van der Waals surface area contributed by atoms with Gasteiger partial charge in [0.15, 0.2) is 0 Å². The quantitative estimate of drug-likeness (QED) is 0.530. The van der Waals surface area contributed by atoms with Crippen molar-refractivity contribution in [2.75, 3.05) is 13.7 Å². The van der Waals surface area contributed by atoms with Crippen LogP contribution < -0.4 is 4.74 Å². The van der Waals surface area contributed by atoms with Gasteiger partial charge < -0.3 is 9.47 Å². The van der Waals surface area contributed by atoms with Crippen LogP contribution in [-0.2, 0) is 9.53 Å². The summed E-state index contributed by atoms with van der Waals surface area (Å²) in [6.45, 7) is 4.76. The predicted octanol–water partition coefficient (Wildman–Crippen LogP) is 4.08. The fourth-order valence-electron chi connectivity index (χ4n) is 1.79. The van der Waals surface area contributed by atoms with Gasteiger partial charge in [0, 0.05) is 6.08 Å². The average Bonchev–Trinajstić information content (AvgIpc) is 2.49. The maximum absolute atomic E-state index is 11.6. The SMILES string of the molecule is CCCCC(C)COC(=O)C=Cc1ccc(OC)cc1. The van der Waals surface area contributed by atoms with Crippen molar-refractivity contribution in [1.29, 1.82) is 0 Å². The van der Waals surface area contributed by atoms with Crippen LogP contribution in [0.3, 0.4) is 0 Å². The predicted molar refractivity (Wildman–Crippen MR) is 81.7 cm³/mol. The van der Waals surface area contributed by atoms with Crippen LogP contribution in [-0.4, -0.2) is 19.7 Å². The maximum atomic E-state index is 11.6. The summed E-state index contributed by atoms with van der Waals surface area (Å²) in [6.07, 6.45) is 6.68. The molecule has 0 aliphatic heterocycles. The second-order valence-corrected chi connectivity index (χ2v) is 4.98. The van der Waals surface area contributed by atoms with Crippen LogP contribution in [0.2, 0.25) is 0 Å². The van der Waals surface area contributed by atoms with Crippen molar-refractivity contribution >= 4 is 12.0 Å². The third-order valence-corrected chi connectivity index (χ3v) is 3.09. The third-order valence-electron chi connectivity index (χ3n) is 3.09. The number of benzene rings is 1. The van der Waals surface area contributed by atoms with Gasteiger partial charge in [-0.15, -0.1) is 0 Å². The van der Waals surface area contributed by atoms with Crippen LogP contribution in [0, 0.1) is 5.92 Å². The van der Waals surface area contributed by atoms with E-state index < -0.39 is 0 Å². The molecule has 0 amide bonds. The molecular formula is C17H24O3. The summed E-state index contributed by atoms with van der Waals surface area (Å²) in [5.41, 5.74) is 0.946. The highest BCUT2D eigenvalue weighted by Crippen LogP contribution is 2.12. The van der Waals surface area contributed by atoms with Crippen molar-refractivity contribution in [2.45, 2.75) is 33.1 Å². The Morgan fingerprint density at radius 2 is 2.00 bits per heavy atom. The zero-order valence-corrected chi connectivity index (χ0v) is 12.6. The van der Waals surface area contributed by atoms with Crippen molar-refractivity contribution in [1.82, 2.24) is 0 Å². The molecule has 1 aromatic rings. The fourth-order valence-corrected chi connectivity index (χ4v) is 1.79. The van der Waals surface area contributed by atoms with Gasteiger partial charge in [-0.2, -0.15) is 0 Å². The minimum absolute atomic E-state index is 0.288. The van der Waals surface area contributed by atoms with Crippen molar-refractivity contribution in [3.8, 4) is 5.75 Å². The first kappa shape index (κ1) is 16.3. The molecule has 20 heavy (non-hydrogen) atoms. The Labute approximate surface area is 121 Å². The van der Waals surface area contributed by atoms with Gasteiger partial charge in [-0.1, -0.05) is 38.8 Å². The zero-order valence-electron chi connectivity index (χ0n) is 12.6. The van der Waals surface area contributed by atoms with Gasteiger partial charge in [-0.25, -0.2) is 4.79 Å². The van der Waals surface area contributed by atoms with E-state index in [1.54, 1.807) is 13.2 Å². The molecule has 3 nitrogen and oxygen atoms in total. The molecule has 1 rings (SSSR count). The number of methoxy groups -OCH3 is 1. The Morgan fingerprint density at radius 3 is 2.60 bits per heavy atom. The van der Waals surface area contributed by atoms with E-state index in [9.17, 15) is 4.79 Å². The van der Waals surface area contributed by atoms with Crippen molar-refractivity contribution in [3.63, 3.8) is 0 Å². The molecule has 0 aliphatic carbocycles. The number of hydrogen-bond acceptors (Lipinski definition) is 3. The molecule has 0 radical (unpaired) electrons. The molecule has 1 aromatic carbocycles. The second kappa shape index (κ2) is 9.18. The number of unbranched alkanes of at least 4 members (excludes halogenated alkanes) is 1. The van der Waals surface area contributed by atoms with Gasteiger partial charge >= 0.3 is 5.97 Å². The van der Waals surface area contributed by atoms with Crippen molar-refractivity contribution in [3.05, 3.63) is 35.9 Å². The smallest absolute Gasteiger partial charge is 0.330 e. The largest absolute Gasteiger partial charge is 0.497 e. The van der Waals surface area contributed by atoms with E-state index in [2.05, 4.69) is 13.8 Å². The molecule has 1 atom stereocenters. The van der Waals surface area contributed by atoms with Gasteiger partial charge in [0.25, 0.3) is 0 Å². The fraction of sp³-hybridized carbons (Fsp3) is 0.471. The summed E-state index contributed by atoms with van der Waals surface area (Å²) in [6, 6.07) is 7.51. The van der Waals surface area contributed by atoms with Crippen LogP contribution in [0.4, 0.5) is 0 Å². The van der Waals surface area contributed by atoms with Crippen LogP contribution in [0.1, 0.15) is 38.7 Å². The molecule has 0 aromatic heterocycles. The van der Waals surface area contributed by atoms with E-state index in [0.717, 1.165) is 17.7 Å². The minimum atomic E-state index is -0.288. The van der Waals surface area contributed by atoms with E-state index >= 15 is 0 Å². The summed E-state index contributed by atoms with van der Waals surface area (Å²) in [4.78, 5) is 11.6. The van der Waals surface area contributed by atoms with Gasteiger partial charge in [-0.3, -0.25) is 0 Å². The molecule has 1 unspecified atom stereocenters. The molecule has 3 heteroatoms. The highest BCUT2D eigenvalue weighted by atomic mass is 16.5. The van der Waals surface area contributed by atoms with Crippen molar-refractivity contribution in [2.24, 2.45) is 5.92 Å². The Hall–Kier alpha value is -1.77. The summed E-state index contributed by atoms with van der Waals surface area (Å²) in [5.74, 6) is 0.937. The Balaban J connectivity index is 2.35. The Morgan fingerprint density at radius 1 is 1.30 bits per heavy atom. The van der Waals surface area contributed by atoms with Crippen LogP contribution in [0.5, 0.6) is 5.75 Å². The molecule has 110 valence electrons. The first-order chi connectivity index (χ1) is 9.65. The summed E-state index contributed by atoms with van der Waals surface area (Å²) < 4.78 is 10.3. The Kier molecular flexibility index (Phi) is 7.48. The lowest BCUT2D eigenvalue weighted by molar-refractivity contribution is -0.138. The lowest BCUT2D eigenvalue weighted by atomic mass is 10.1. The first-order valence-corrected chi connectivity index (χ1v) is 7.14. The number of rotatable bonds is 8. The second-order valence-electron chi connectivity index (χ2n) is 4.98.